The SMILES string of the molecule is C[C@@H]1C[C@@H](C)CN(C(=O)COC(=O)CN(C)S(=O)(=O)c2ccc(F)cc2)C1. The first-order valence-corrected chi connectivity index (χ1v) is 10.2. The third-order valence-electron chi connectivity index (χ3n) is 4.45. The molecule has 7 nitrogen and oxygen atoms in total. The van der Waals surface area contributed by atoms with E-state index in [0.29, 0.717) is 24.9 Å². The smallest absolute Gasteiger partial charge is 0.321 e. The molecule has 0 aliphatic carbocycles. The zero-order valence-electron chi connectivity index (χ0n) is 15.7. The molecule has 2 rings (SSSR count). The molecule has 1 saturated heterocycles. The molecule has 1 aliphatic rings. The predicted octanol–water partition coefficient (Wildman–Crippen LogP) is 1.49. The number of ether oxygens (including phenoxy) is 1. The van der Waals surface area contributed by atoms with Crippen molar-refractivity contribution in [2.45, 2.75) is 25.2 Å². The highest BCUT2D eigenvalue weighted by Gasteiger charge is 2.27. The summed E-state index contributed by atoms with van der Waals surface area (Å²) in [6.07, 6.45) is 1.05. The molecule has 27 heavy (non-hydrogen) atoms. The van der Waals surface area contributed by atoms with Gasteiger partial charge in [-0.25, -0.2) is 12.8 Å². The van der Waals surface area contributed by atoms with Crippen molar-refractivity contribution in [1.29, 1.82) is 0 Å². The van der Waals surface area contributed by atoms with E-state index in [1.54, 1.807) is 4.90 Å². The Hall–Kier alpha value is -2.00. The summed E-state index contributed by atoms with van der Waals surface area (Å²) in [5, 5.41) is 0. The fourth-order valence-electron chi connectivity index (χ4n) is 3.20. The van der Waals surface area contributed by atoms with E-state index < -0.39 is 35.0 Å². The maximum Gasteiger partial charge on any atom is 0.321 e. The predicted molar refractivity (Wildman–Crippen MR) is 96.7 cm³/mol. The lowest BCUT2D eigenvalue weighted by Crippen LogP contribution is -2.44. The molecule has 0 bridgehead atoms. The number of hydrogen-bond acceptors (Lipinski definition) is 5. The van der Waals surface area contributed by atoms with Crippen molar-refractivity contribution < 1.29 is 27.1 Å². The second kappa shape index (κ2) is 8.79. The van der Waals surface area contributed by atoms with Crippen LogP contribution in [-0.2, 0) is 24.3 Å². The van der Waals surface area contributed by atoms with Gasteiger partial charge in [-0.2, -0.15) is 4.31 Å². The lowest BCUT2D eigenvalue weighted by Gasteiger charge is -2.34. The molecule has 0 unspecified atom stereocenters. The highest BCUT2D eigenvalue weighted by molar-refractivity contribution is 7.89. The van der Waals surface area contributed by atoms with Gasteiger partial charge in [-0.15, -0.1) is 0 Å². The molecule has 0 saturated carbocycles. The van der Waals surface area contributed by atoms with Crippen molar-refractivity contribution in [2.24, 2.45) is 11.8 Å². The Balaban J connectivity index is 1.87. The molecule has 2 atom stereocenters. The van der Waals surface area contributed by atoms with E-state index in [-0.39, 0.29) is 10.8 Å². The summed E-state index contributed by atoms with van der Waals surface area (Å²) in [5.74, 6) is -0.892. The molecule has 1 heterocycles. The van der Waals surface area contributed by atoms with Gasteiger partial charge < -0.3 is 9.64 Å². The van der Waals surface area contributed by atoms with Crippen molar-refractivity contribution in [2.75, 3.05) is 33.3 Å². The van der Waals surface area contributed by atoms with Crippen LogP contribution in [-0.4, -0.2) is 62.8 Å². The fraction of sp³-hybridized carbons (Fsp3) is 0.556. The number of piperidine rings is 1. The molecule has 1 aromatic rings. The Kier molecular flexibility index (Phi) is 6.94. The Morgan fingerprint density at radius 2 is 1.74 bits per heavy atom. The van der Waals surface area contributed by atoms with Gasteiger partial charge in [-0.3, -0.25) is 9.59 Å². The molecular formula is C18H25FN2O5S. The zero-order chi connectivity index (χ0) is 20.2. The summed E-state index contributed by atoms with van der Waals surface area (Å²) in [4.78, 5) is 25.7. The molecule has 0 aromatic heterocycles. The number of benzene rings is 1. The van der Waals surface area contributed by atoms with E-state index in [2.05, 4.69) is 13.8 Å². The van der Waals surface area contributed by atoms with Crippen LogP contribution in [0.3, 0.4) is 0 Å². The highest BCUT2D eigenvalue weighted by atomic mass is 32.2. The van der Waals surface area contributed by atoms with Crippen molar-refractivity contribution >= 4 is 21.9 Å². The van der Waals surface area contributed by atoms with Crippen LogP contribution in [0.1, 0.15) is 20.3 Å². The first kappa shape index (κ1) is 21.3. The van der Waals surface area contributed by atoms with E-state index in [4.69, 9.17) is 4.74 Å². The second-order valence-electron chi connectivity index (χ2n) is 7.12. The van der Waals surface area contributed by atoms with E-state index in [1.807, 2.05) is 0 Å². The van der Waals surface area contributed by atoms with Gasteiger partial charge in [0.15, 0.2) is 6.61 Å². The van der Waals surface area contributed by atoms with E-state index in [1.165, 1.54) is 7.05 Å². The van der Waals surface area contributed by atoms with Crippen LogP contribution >= 0.6 is 0 Å². The van der Waals surface area contributed by atoms with Crippen molar-refractivity contribution in [1.82, 2.24) is 9.21 Å². The van der Waals surface area contributed by atoms with Gasteiger partial charge in [-0.1, -0.05) is 13.8 Å². The Bertz CT molecular complexity index is 771. The van der Waals surface area contributed by atoms with Crippen LogP contribution in [0.15, 0.2) is 29.2 Å². The van der Waals surface area contributed by atoms with E-state index >= 15 is 0 Å². The van der Waals surface area contributed by atoms with Gasteiger partial charge in [-0.05, 0) is 42.5 Å². The minimum Gasteiger partial charge on any atom is -0.455 e. The summed E-state index contributed by atoms with van der Waals surface area (Å²) in [6, 6.07) is 4.29. The number of carbonyl (C=O) groups excluding carboxylic acids is 2. The Labute approximate surface area is 159 Å². The number of halogens is 1. The second-order valence-corrected chi connectivity index (χ2v) is 9.17. The Morgan fingerprint density at radius 1 is 1.19 bits per heavy atom. The minimum absolute atomic E-state index is 0.133. The average molecular weight is 400 g/mol. The first-order valence-electron chi connectivity index (χ1n) is 8.75. The number of amides is 1. The van der Waals surface area contributed by atoms with E-state index in [9.17, 15) is 22.4 Å². The van der Waals surface area contributed by atoms with Crippen LogP contribution in [0.5, 0.6) is 0 Å². The highest BCUT2D eigenvalue weighted by Crippen LogP contribution is 2.21. The molecule has 1 aliphatic heterocycles. The van der Waals surface area contributed by atoms with Gasteiger partial charge in [0.25, 0.3) is 5.91 Å². The normalized spacial score (nSPS) is 20.6. The summed E-state index contributed by atoms with van der Waals surface area (Å²) in [6.45, 7) is 4.43. The summed E-state index contributed by atoms with van der Waals surface area (Å²) in [5.41, 5.74) is 0. The van der Waals surface area contributed by atoms with Gasteiger partial charge in [0, 0.05) is 20.1 Å². The lowest BCUT2D eigenvalue weighted by molar-refractivity contribution is -0.153. The van der Waals surface area contributed by atoms with Gasteiger partial charge in [0.1, 0.15) is 12.4 Å². The number of esters is 1. The minimum atomic E-state index is -3.95. The molecule has 0 radical (unpaired) electrons. The molecule has 9 heteroatoms. The first-order chi connectivity index (χ1) is 12.6. The standard InChI is InChI=1S/C18H25FN2O5S/c1-13-8-14(2)10-21(9-13)17(22)12-26-18(23)11-20(3)27(24,25)16-6-4-15(19)5-7-16/h4-7,13-14H,8-12H2,1-3H3/t13-,14-/m1/s1. The average Bonchev–Trinajstić information content (AvgIpc) is 2.59. The van der Waals surface area contributed by atoms with Crippen LogP contribution < -0.4 is 0 Å². The number of sulfonamides is 1. The molecule has 0 N–H and O–H groups in total. The topological polar surface area (TPSA) is 84.0 Å². The van der Waals surface area contributed by atoms with Crippen LogP contribution in [0.4, 0.5) is 4.39 Å². The molecule has 1 aromatic carbocycles. The Morgan fingerprint density at radius 3 is 2.30 bits per heavy atom. The van der Waals surface area contributed by atoms with Gasteiger partial charge in [0.2, 0.25) is 10.0 Å². The molecule has 1 amide bonds. The quantitative estimate of drug-likeness (QED) is 0.676. The monoisotopic (exact) mass is 400 g/mol. The van der Waals surface area contributed by atoms with Crippen molar-refractivity contribution in [3.8, 4) is 0 Å². The van der Waals surface area contributed by atoms with Crippen molar-refractivity contribution in [3.63, 3.8) is 0 Å². The number of likely N-dealkylation sites (N-methyl/N-ethyl adjacent to an activating group) is 1. The third-order valence-corrected chi connectivity index (χ3v) is 6.27. The number of carbonyl (C=O) groups is 2. The van der Waals surface area contributed by atoms with Crippen LogP contribution in [0.2, 0.25) is 0 Å². The molecular weight excluding hydrogens is 375 g/mol. The molecule has 1 fully saturated rings. The summed E-state index contributed by atoms with van der Waals surface area (Å²) >= 11 is 0. The number of hydrogen-bond donors (Lipinski definition) is 0. The van der Waals surface area contributed by atoms with Gasteiger partial charge in [0.05, 0.1) is 4.90 Å². The third kappa shape index (κ3) is 5.74. The molecule has 150 valence electrons. The lowest BCUT2D eigenvalue weighted by atomic mass is 9.92. The maximum atomic E-state index is 12.9. The summed E-state index contributed by atoms with van der Waals surface area (Å²) in [7, 11) is -2.74. The van der Waals surface area contributed by atoms with Crippen LogP contribution in [0.25, 0.3) is 0 Å². The summed E-state index contributed by atoms with van der Waals surface area (Å²) < 4.78 is 43.4. The van der Waals surface area contributed by atoms with E-state index in [0.717, 1.165) is 35.0 Å². The zero-order valence-corrected chi connectivity index (χ0v) is 16.5. The van der Waals surface area contributed by atoms with Crippen molar-refractivity contribution in [3.05, 3.63) is 30.1 Å². The largest absolute Gasteiger partial charge is 0.455 e. The number of rotatable bonds is 6. The fourth-order valence-corrected chi connectivity index (χ4v) is 4.31. The number of nitrogens with zero attached hydrogens (tertiary/aromatic N) is 2. The van der Waals surface area contributed by atoms with Gasteiger partial charge >= 0.3 is 5.97 Å². The van der Waals surface area contributed by atoms with Crippen LogP contribution in [0, 0.1) is 17.7 Å². The number of likely N-dealkylation sites (tertiary alicyclic amines) is 1. The maximum absolute atomic E-state index is 12.9. The molecule has 0 spiro atoms.